The van der Waals surface area contributed by atoms with Crippen molar-refractivity contribution in [1.82, 2.24) is 9.88 Å². The summed E-state index contributed by atoms with van der Waals surface area (Å²) >= 11 is 6.48. The first-order valence-corrected chi connectivity index (χ1v) is 9.12. The highest BCUT2D eigenvalue weighted by Crippen LogP contribution is 2.35. The smallest absolute Gasteiger partial charge is 0.256 e. The first-order valence-electron chi connectivity index (χ1n) is 8.74. The molecule has 2 heterocycles. The van der Waals surface area contributed by atoms with Gasteiger partial charge < -0.3 is 14.6 Å². The number of pyridine rings is 1. The second kappa shape index (κ2) is 7.16. The number of aromatic nitrogens is 1. The Hall–Kier alpha value is -2.27. The summed E-state index contributed by atoms with van der Waals surface area (Å²) in [7, 11) is 0. The Morgan fingerprint density at radius 1 is 1.27 bits per heavy atom. The lowest BCUT2D eigenvalue weighted by molar-refractivity contribution is 0.0725. The standard InChI is InChI=1S/C20H23ClN2O3/c1-11(2)26-16-6-5-14-7-8-23(20(25)17(14)18(16)21)10-15-12(3)9-13(4)22-19(15)24/h5-6,9,11H,7-8,10H2,1-4H3,(H,22,24). The molecule has 0 fully saturated rings. The largest absolute Gasteiger partial charge is 0.489 e. The average Bonchev–Trinajstić information content (AvgIpc) is 2.54. The molecule has 0 saturated heterocycles. The number of nitrogens with zero attached hydrogens (tertiary/aromatic N) is 1. The average molecular weight is 375 g/mol. The number of aromatic amines is 1. The van der Waals surface area contributed by atoms with Crippen LogP contribution in [0.3, 0.4) is 0 Å². The van der Waals surface area contributed by atoms with Gasteiger partial charge in [-0.3, -0.25) is 9.59 Å². The summed E-state index contributed by atoms with van der Waals surface area (Å²) in [5.41, 5.74) is 3.55. The molecule has 0 bridgehead atoms. The summed E-state index contributed by atoms with van der Waals surface area (Å²) in [6.07, 6.45) is 0.667. The second-order valence-electron chi connectivity index (χ2n) is 7.00. The van der Waals surface area contributed by atoms with Gasteiger partial charge in [0, 0.05) is 17.8 Å². The normalized spacial score (nSPS) is 13.9. The van der Waals surface area contributed by atoms with E-state index >= 15 is 0 Å². The molecule has 2 aromatic rings. The predicted molar refractivity (Wildman–Crippen MR) is 102 cm³/mol. The molecule has 1 aromatic heterocycles. The van der Waals surface area contributed by atoms with Gasteiger partial charge in [-0.25, -0.2) is 0 Å². The Labute approximate surface area is 157 Å². The Bertz CT molecular complexity index is 918. The number of hydrogen-bond acceptors (Lipinski definition) is 3. The third-order valence-electron chi connectivity index (χ3n) is 4.55. The van der Waals surface area contributed by atoms with Crippen molar-refractivity contribution in [1.29, 1.82) is 0 Å². The Balaban J connectivity index is 1.94. The van der Waals surface area contributed by atoms with Crippen molar-refractivity contribution in [2.75, 3.05) is 6.54 Å². The highest BCUT2D eigenvalue weighted by Gasteiger charge is 2.29. The molecule has 1 aliphatic rings. The van der Waals surface area contributed by atoms with Crippen LogP contribution in [0.5, 0.6) is 5.75 Å². The molecule has 0 saturated carbocycles. The number of hydrogen-bond donors (Lipinski definition) is 1. The highest BCUT2D eigenvalue weighted by molar-refractivity contribution is 6.35. The number of amides is 1. The number of fused-ring (bicyclic) bond motifs is 1. The zero-order chi connectivity index (χ0) is 19.0. The lowest BCUT2D eigenvalue weighted by Gasteiger charge is -2.30. The third kappa shape index (κ3) is 3.49. The number of rotatable bonds is 4. The van der Waals surface area contributed by atoms with Crippen LogP contribution in [0, 0.1) is 13.8 Å². The predicted octanol–water partition coefficient (Wildman–Crippen LogP) is 3.63. The molecule has 1 aliphatic heterocycles. The summed E-state index contributed by atoms with van der Waals surface area (Å²) in [5, 5.41) is 0.348. The topological polar surface area (TPSA) is 62.4 Å². The number of ether oxygens (including phenoxy) is 1. The number of carbonyl (C=O) groups excluding carboxylic acids is 1. The minimum atomic E-state index is -0.162. The number of benzene rings is 1. The van der Waals surface area contributed by atoms with Crippen molar-refractivity contribution in [2.24, 2.45) is 0 Å². The molecule has 0 radical (unpaired) electrons. The molecule has 0 atom stereocenters. The number of nitrogens with one attached hydrogen (secondary N) is 1. The fraction of sp³-hybridized carbons (Fsp3) is 0.400. The lowest BCUT2D eigenvalue weighted by Crippen LogP contribution is -2.39. The molecular formula is C20H23ClN2O3. The molecule has 6 heteroatoms. The molecule has 0 spiro atoms. The molecule has 1 N–H and O–H groups in total. The van der Waals surface area contributed by atoms with E-state index in [1.165, 1.54) is 0 Å². The lowest BCUT2D eigenvalue weighted by atomic mass is 9.97. The molecule has 1 aromatic carbocycles. The van der Waals surface area contributed by atoms with Crippen LogP contribution in [-0.2, 0) is 13.0 Å². The van der Waals surface area contributed by atoms with Crippen LogP contribution in [0.2, 0.25) is 5.02 Å². The maximum absolute atomic E-state index is 13.0. The van der Waals surface area contributed by atoms with E-state index in [9.17, 15) is 9.59 Å². The molecule has 1 amide bonds. The first kappa shape index (κ1) is 18.5. The molecule has 3 rings (SSSR count). The monoisotopic (exact) mass is 374 g/mol. The van der Waals surface area contributed by atoms with E-state index in [1.807, 2.05) is 45.9 Å². The molecule has 138 valence electrons. The fourth-order valence-electron chi connectivity index (χ4n) is 3.32. The fourth-order valence-corrected chi connectivity index (χ4v) is 3.63. The Morgan fingerprint density at radius 2 is 2.00 bits per heavy atom. The minimum absolute atomic E-state index is 0.0332. The third-order valence-corrected chi connectivity index (χ3v) is 4.93. The van der Waals surface area contributed by atoms with Crippen molar-refractivity contribution in [2.45, 2.75) is 46.8 Å². The van der Waals surface area contributed by atoms with Gasteiger partial charge >= 0.3 is 0 Å². The van der Waals surface area contributed by atoms with Crippen LogP contribution in [0.1, 0.15) is 46.6 Å². The van der Waals surface area contributed by atoms with Gasteiger partial charge in [-0.1, -0.05) is 17.7 Å². The van der Waals surface area contributed by atoms with E-state index < -0.39 is 0 Å². The Morgan fingerprint density at radius 3 is 2.65 bits per heavy atom. The van der Waals surface area contributed by atoms with Crippen molar-refractivity contribution in [3.63, 3.8) is 0 Å². The summed E-state index contributed by atoms with van der Waals surface area (Å²) in [6.45, 7) is 8.38. The maximum atomic E-state index is 13.0. The van der Waals surface area contributed by atoms with Crippen LogP contribution in [0.25, 0.3) is 0 Å². The Kier molecular flexibility index (Phi) is 5.10. The van der Waals surface area contributed by atoms with Crippen molar-refractivity contribution in [3.05, 3.63) is 61.5 Å². The summed E-state index contributed by atoms with van der Waals surface area (Å²) < 4.78 is 5.71. The van der Waals surface area contributed by atoms with Crippen molar-refractivity contribution in [3.8, 4) is 5.75 Å². The number of aryl methyl sites for hydroxylation is 2. The van der Waals surface area contributed by atoms with Gasteiger partial charge in [0.2, 0.25) is 0 Å². The maximum Gasteiger partial charge on any atom is 0.256 e. The molecule has 26 heavy (non-hydrogen) atoms. The molecule has 0 aliphatic carbocycles. The van der Waals surface area contributed by atoms with Gasteiger partial charge in [0.05, 0.1) is 23.2 Å². The van der Waals surface area contributed by atoms with Crippen LogP contribution >= 0.6 is 11.6 Å². The van der Waals surface area contributed by atoms with Gasteiger partial charge in [-0.2, -0.15) is 0 Å². The SMILES string of the molecule is Cc1cc(C)c(CN2CCc3ccc(OC(C)C)c(Cl)c3C2=O)c(=O)[nH]1. The van der Waals surface area contributed by atoms with E-state index in [4.69, 9.17) is 16.3 Å². The van der Waals surface area contributed by atoms with E-state index in [2.05, 4.69) is 4.98 Å². The van der Waals surface area contributed by atoms with Crippen molar-refractivity contribution >= 4 is 17.5 Å². The summed E-state index contributed by atoms with van der Waals surface area (Å²) in [4.78, 5) is 29.8. The van der Waals surface area contributed by atoms with E-state index in [0.717, 1.165) is 16.8 Å². The first-order chi connectivity index (χ1) is 12.3. The van der Waals surface area contributed by atoms with Crippen molar-refractivity contribution < 1.29 is 9.53 Å². The second-order valence-corrected chi connectivity index (χ2v) is 7.38. The van der Waals surface area contributed by atoms with Gasteiger partial charge in [0.15, 0.2) is 0 Å². The van der Waals surface area contributed by atoms with Gasteiger partial charge in [0.25, 0.3) is 11.5 Å². The highest BCUT2D eigenvalue weighted by atomic mass is 35.5. The van der Waals surface area contributed by atoms with Gasteiger partial charge in [0.1, 0.15) is 5.75 Å². The molecule has 5 nitrogen and oxygen atoms in total. The molecule has 0 unspecified atom stereocenters. The summed E-state index contributed by atoms with van der Waals surface area (Å²) in [5.74, 6) is 0.352. The summed E-state index contributed by atoms with van der Waals surface area (Å²) in [6, 6.07) is 5.64. The van der Waals surface area contributed by atoms with Gasteiger partial charge in [-0.15, -0.1) is 0 Å². The number of halogens is 1. The number of H-pyrrole nitrogens is 1. The zero-order valence-corrected chi connectivity index (χ0v) is 16.2. The van der Waals surface area contributed by atoms with E-state index in [-0.39, 0.29) is 24.1 Å². The number of carbonyl (C=O) groups is 1. The van der Waals surface area contributed by atoms with Crippen LogP contribution < -0.4 is 10.3 Å². The van der Waals surface area contributed by atoms with Crippen LogP contribution in [-0.4, -0.2) is 28.4 Å². The van der Waals surface area contributed by atoms with Crippen LogP contribution in [0.4, 0.5) is 0 Å². The quantitative estimate of drug-likeness (QED) is 0.888. The van der Waals surface area contributed by atoms with E-state index in [1.54, 1.807) is 4.90 Å². The molecular weight excluding hydrogens is 352 g/mol. The van der Waals surface area contributed by atoms with E-state index in [0.29, 0.717) is 34.9 Å². The zero-order valence-electron chi connectivity index (χ0n) is 15.5. The van der Waals surface area contributed by atoms with Crippen LogP contribution in [0.15, 0.2) is 23.0 Å². The van der Waals surface area contributed by atoms with Gasteiger partial charge in [-0.05, 0) is 57.4 Å². The minimum Gasteiger partial charge on any atom is -0.489 e.